The van der Waals surface area contributed by atoms with E-state index in [1.807, 2.05) is 6.92 Å². The van der Waals surface area contributed by atoms with Crippen molar-refractivity contribution in [2.24, 2.45) is 5.92 Å². The third-order valence-corrected chi connectivity index (χ3v) is 2.92. The van der Waals surface area contributed by atoms with E-state index in [2.05, 4.69) is 45.0 Å². The summed E-state index contributed by atoms with van der Waals surface area (Å²) < 4.78 is 0. The van der Waals surface area contributed by atoms with Gasteiger partial charge in [-0.15, -0.1) is 0 Å². The van der Waals surface area contributed by atoms with Crippen molar-refractivity contribution in [2.75, 3.05) is 0 Å². The van der Waals surface area contributed by atoms with Crippen LogP contribution in [0.2, 0.25) is 0 Å². The first kappa shape index (κ1) is 13.2. The molecule has 0 saturated heterocycles. The molecule has 1 N–H and O–H groups in total. The van der Waals surface area contributed by atoms with Crippen molar-refractivity contribution in [1.29, 1.82) is 0 Å². The number of benzene rings is 1. The Morgan fingerprint density at radius 3 is 2.19 bits per heavy atom. The second kappa shape index (κ2) is 5.49. The molecule has 1 unspecified atom stereocenters. The summed E-state index contributed by atoms with van der Waals surface area (Å²) in [6.07, 6.45) is 3.09. The Balaban J connectivity index is 2.79. The van der Waals surface area contributed by atoms with Gasteiger partial charge in [0.25, 0.3) is 0 Å². The standard InChI is InChI=1S/C15H24O/c1-5-6-13-7-9-14(10-8-13)15(4,16)11-12(2)3/h7-10,12,16H,5-6,11H2,1-4H3. The van der Waals surface area contributed by atoms with Gasteiger partial charge >= 0.3 is 0 Å². The fourth-order valence-corrected chi connectivity index (χ4v) is 2.23. The third-order valence-electron chi connectivity index (χ3n) is 2.92. The van der Waals surface area contributed by atoms with Crippen molar-refractivity contribution in [2.45, 2.75) is 52.6 Å². The Labute approximate surface area is 99.5 Å². The summed E-state index contributed by atoms with van der Waals surface area (Å²) in [5.74, 6) is 0.505. The predicted molar refractivity (Wildman–Crippen MR) is 69.5 cm³/mol. The molecule has 0 radical (unpaired) electrons. The highest BCUT2D eigenvalue weighted by molar-refractivity contribution is 5.26. The highest BCUT2D eigenvalue weighted by Crippen LogP contribution is 2.28. The molecule has 0 heterocycles. The molecule has 0 aliphatic carbocycles. The van der Waals surface area contributed by atoms with Gasteiger partial charge in [-0.25, -0.2) is 0 Å². The van der Waals surface area contributed by atoms with Crippen molar-refractivity contribution in [3.8, 4) is 0 Å². The van der Waals surface area contributed by atoms with Crippen LogP contribution < -0.4 is 0 Å². The number of hydrogen-bond donors (Lipinski definition) is 1. The number of hydrogen-bond acceptors (Lipinski definition) is 1. The first-order chi connectivity index (χ1) is 7.45. The van der Waals surface area contributed by atoms with Gasteiger partial charge in [-0.05, 0) is 36.8 Å². The second-order valence-electron chi connectivity index (χ2n) is 5.32. The summed E-state index contributed by atoms with van der Waals surface area (Å²) in [4.78, 5) is 0. The monoisotopic (exact) mass is 220 g/mol. The Morgan fingerprint density at radius 1 is 1.19 bits per heavy atom. The van der Waals surface area contributed by atoms with Crippen molar-refractivity contribution >= 4 is 0 Å². The minimum Gasteiger partial charge on any atom is -0.385 e. The van der Waals surface area contributed by atoms with Crippen LogP contribution in [-0.4, -0.2) is 5.11 Å². The van der Waals surface area contributed by atoms with Gasteiger partial charge in [-0.1, -0.05) is 51.5 Å². The maximum Gasteiger partial charge on any atom is 0.0871 e. The predicted octanol–water partition coefficient (Wildman–Crippen LogP) is 3.89. The molecule has 0 aliphatic heterocycles. The van der Waals surface area contributed by atoms with Crippen LogP contribution in [-0.2, 0) is 12.0 Å². The van der Waals surface area contributed by atoms with E-state index in [9.17, 15) is 5.11 Å². The van der Waals surface area contributed by atoms with Crippen LogP contribution in [0.4, 0.5) is 0 Å². The summed E-state index contributed by atoms with van der Waals surface area (Å²) >= 11 is 0. The summed E-state index contributed by atoms with van der Waals surface area (Å²) in [6, 6.07) is 8.39. The van der Waals surface area contributed by atoms with Crippen molar-refractivity contribution < 1.29 is 5.11 Å². The molecular formula is C15H24O. The fourth-order valence-electron chi connectivity index (χ4n) is 2.23. The molecule has 0 aliphatic rings. The molecule has 0 saturated carbocycles. The molecule has 1 aromatic rings. The molecule has 1 rings (SSSR count). The maximum atomic E-state index is 10.4. The van der Waals surface area contributed by atoms with Gasteiger partial charge in [0.15, 0.2) is 0 Å². The Bertz CT molecular complexity index is 309. The van der Waals surface area contributed by atoms with Gasteiger partial charge in [0, 0.05) is 0 Å². The van der Waals surface area contributed by atoms with E-state index in [4.69, 9.17) is 0 Å². The van der Waals surface area contributed by atoms with Gasteiger partial charge in [0.2, 0.25) is 0 Å². The first-order valence-electron chi connectivity index (χ1n) is 6.27. The molecule has 0 amide bonds. The van der Waals surface area contributed by atoms with Gasteiger partial charge in [-0.2, -0.15) is 0 Å². The Kier molecular flexibility index (Phi) is 4.55. The zero-order valence-electron chi connectivity index (χ0n) is 11.0. The van der Waals surface area contributed by atoms with E-state index in [1.54, 1.807) is 0 Å². The number of rotatable bonds is 5. The zero-order valence-corrected chi connectivity index (χ0v) is 11.0. The van der Waals surface area contributed by atoms with Crippen LogP contribution in [0.15, 0.2) is 24.3 Å². The number of aliphatic hydroxyl groups is 1. The molecule has 1 nitrogen and oxygen atoms in total. The molecule has 90 valence electrons. The first-order valence-corrected chi connectivity index (χ1v) is 6.27. The van der Waals surface area contributed by atoms with Gasteiger partial charge in [-0.3, -0.25) is 0 Å². The van der Waals surface area contributed by atoms with E-state index in [1.165, 1.54) is 12.0 Å². The van der Waals surface area contributed by atoms with E-state index in [0.29, 0.717) is 5.92 Å². The molecule has 0 bridgehead atoms. The summed E-state index contributed by atoms with van der Waals surface area (Å²) in [5.41, 5.74) is 1.69. The maximum absolute atomic E-state index is 10.4. The third kappa shape index (κ3) is 3.64. The molecular weight excluding hydrogens is 196 g/mol. The smallest absolute Gasteiger partial charge is 0.0871 e. The van der Waals surface area contributed by atoms with Gasteiger partial charge in [0.1, 0.15) is 0 Å². The molecule has 0 spiro atoms. The summed E-state index contributed by atoms with van der Waals surface area (Å²) in [5, 5.41) is 10.4. The minimum atomic E-state index is -0.696. The van der Waals surface area contributed by atoms with Crippen LogP contribution in [0.5, 0.6) is 0 Å². The van der Waals surface area contributed by atoms with E-state index < -0.39 is 5.60 Å². The lowest BCUT2D eigenvalue weighted by atomic mass is 9.87. The topological polar surface area (TPSA) is 20.2 Å². The molecule has 1 atom stereocenters. The Hall–Kier alpha value is -0.820. The zero-order chi connectivity index (χ0) is 12.2. The molecule has 1 heteroatoms. The average molecular weight is 220 g/mol. The normalized spacial score (nSPS) is 15.1. The molecule has 0 aromatic heterocycles. The van der Waals surface area contributed by atoms with Gasteiger partial charge < -0.3 is 5.11 Å². The van der Waals surface area contributed by atoms with E-state index >= 15 is 0 Å². The van der Waals surface area contributed by atoms with Crippen molar-refractivity contribution in [1.82, 2.24) is 0 Å². The lowest BCUT2D eigenvalue weighted by Crippen LogP contribution is -2.23. The van der Waals surface area contributed by atoms with Crippen LogP contribution in [0.3, 0.4) is 0 Å². The van der Waals surface area contributed by atoms with Crippen molar-refractivity contribution in [3.63, 3.8) is 0 Å². The van der Waals surface area contributed by atoms with Crippen molar-refractivity contribution in [3.05, 3.63) is 35.4 Å². The lowest BCUT2D eigenvalue weighted by molar-refractivity contribution is 0.0348. The van der Waals surface area contributed by atoms with Gasteiger partial charge in [0.05, 0.1) is 5.60 Å². The molecule has 16 heavy (non-hydrogen) atoms. The van der Waals surface area contributed by atoms with Crippen LogP contribution in [0.25, 0.3) is 0 Å². The van der Waals surface area contributed by atoms with Crippen LogP contribution >= 0.6 is 0 Å². The number of aryl methyl sites for hydroxylation is 1. The molecule has 1 aromatic carbocycles. The highest BCUT2D eigenvalue weighted by Gasteiger charge is 2.23. The largest absolute Gasteiger partial charge is 0.385 e. The van der Waals surface area contributed by atoms with Crippen LogP contribution in [0.1, 0.15) is 51.7 Å². The highest BCUT2D eigenvalue weighted by atomic mass is 16.3. The SMILES string of the molecule is CCCc1ccc(C(C)(O)CC(C)C)cc1. The minimum absolute atomic E-state index is 0.505. The summed E-state index contributed by atoms with van der Waals surface area (Å²) in [7, 11) is 0. The van der Waals surface area contributed by atoms with E-state index in [-0.39, 0.29) is 0 Å². The molecule has 0 fully saturated rings. The second-order valence-corrected chi connectivity index (χ2v) is 5.32. The van der Waals surface area contributed by atoms with Crippen LogP contribution in [0, 0.1) is 5.92 Å². The fraction of sp³-hybridized carbons (Fsp3) is 0.600. The Morgan fingerprint density at radius 2 is 1.75 bits per heavy atom. The average Bonchev–Trinajstić information content (AvgIpc) is 2.17. The van der Waals surface area contributed by atoms with E-state index in [0.717, 1.165) is 18.4 Å². The summed E-state index contributed by atoms with van der Waals surface area (Å²) in [6.45, 7) is 8.37. The lowest BCUT2D eigenvalue weighted by Gasteiger charge is -2.26. The quantitative estimate of drug-likeness (QED) is 0.798.